The number of ether oxygens (including phenoxy) is 1. The molecule has 1 aliphatic carbocycles. The Balaban J connectivity index is 1.34. The van der Waals surface area contributed by atoms with Gasteiger partial charge in [-0.05, 0) is 43.7 Å². The van der Waals surface area contributed by atoms with Gasteiger partial charge in [-0.2, -0.15) is 0 Å². The van der Waals surface area contributed by atoms with Crippen molar-refractivity contribution in [1.29, 1.82) is 0 Å². The molecule has 1 saturated carbocycles. The summed E-state index contributed by atoms with van der Waals surface area (Å²) in [5.74, 6) is 1.01. The molecule has 2 aromatic rings. The summed E-state index contributed by atoms with van der Waals surface area (Å²) in [5.41, 5.74) is 0.994. The first-order valence-corrected chi connectivity index (χ1v) is 10.6. The Kier molecular flexibility index (Phi) is 4.36. The summed E-state index contributed by atoms with van der Waals surface area (Å²) in [4.78, 5) is 25.6. The second-order valence-corrected chi connectivity index (χ2v) is 8.83. The number of nitrogens with zero attached hydrogens (tertiary/aromatic N) is 3. The molecule has 7 heteroatoms. The molecule has 4 heterocycles. The number of anilines is 1. The minimum Gasteiger partial charge on any atom is -0.370 e. The van der Waals surface area contributed by atoms with Crippen LogP contribution in [0.3, 0.4) is 0 Å². The molecule has 27 heavy (non-hydrogen) atoms. The minimum absolute atomic E-state index is 0.0891. The molecule has 142 valence electrons. The molecule has 2 aromatic heterocycles. The van der Waals surface area contributed by atoms with Gasteiger partial charge in [0.25, 0.3) is 5.91 Å². The maximum atomic E-state index is 12.6. The Morgan fingerprint density at radius 3 is 2.85 bits per heavy atom. The quantitative estimate of drug-likeness (QED) is 0.881. The molecule has 0 aromatic carbocycles. The van der Waals surface area contributed by atoms with Crippen LogP contribution in [0.25, 0.3) is 0 Å². The van der Waals surface area contributed by atoms with Gasteiger partial charge in [0.15, 0.2) is 0 Å². The van der Waals surface area contributed by atoms with Crippen molar-refractivity contribution in [2.75, 3.05) is 24.6 Å². The van der Waals surface area contributed by atoms with E-state index >= 15 is 0 Å². The van der Waals surface area contributed by atoms with Crippen molar-refractivity contribution in [3.63, 3.8) is 0 Å². The molecular formula is C20H24N4O2S. The molecule has 1 amide bonds. The summed E-state index contributed by atoms with van der Waals surface area (Å²) >= 11 is 1.66. The lowest BCUT2D eigenvalue weighted by Gasteiger charge is -2.44. The highest BCUT2D eigenvalue weighted by atomic mass is 32.1. The molecule has 1 N–H and O–H groups in total. The number of aromatic nitrogens is 2. The molecular weight excluding hydrogens is 360 g/mol. The van der Waals surface area contributed by atoms with Crippen molar-refractivity contribution in [3.05, 3.63) is 40.0 Å². The maximum Gasteiger partial charge on any atom is 0.261 e. The number of fused-ring (bicyclic) bond motifs is 2. The van der Waals surface area contributed by atoms with Gasteiger partial charge in [-0.1, -0.05) is 0 Å². The summed E-state index contributed by atoms with van der Waals surface area (Å²) in [7, 11) is 0. The van der Waals surface area contributed by atoms with E-state index in [1.54, 1.807) is 23.7 Å². The minimum atomic E-state index is -0.252. The number of hydrogen-bond donors (Lipinski definition) is 1. The number of carbonyl (C=O) groups is 1. The zero-order valence-corrected chi connectivity index (χ0v) is 16.1. The van der Waals surface area contributed by atoms with E-state index in [9.17, 15) is 4.79 Å². The van der Waals surface area contributed by atoms with Gasteiger partial charge in [-0.3, -0.25) is 9.78 Å². The van der Waals surface area contributed by atoms with Crippen LogP contribution in [0, 0.1) is 0 Å². The fraction of sp³-hybridized carbons (Fsp3) is 0.550. The van der Waals surface area contributed by atoms with Crippen LogP contribution in [0.1, 0.15) is 52.2 Å². The smallest absolute Gasteiger partial charge is 0.261 e. The first kappa shape index (κ1) is 17.1. The molecule has 2 aliphatic heterocycles. The second kappa shape index (κ2) is 6.87. The zero-order valence-electron chi connectivity index (χ0n) is 15.3. The number of amides is 1. The van der Waals surface area contributed by atoms with Crippen molar-refractivity contribution < 1.29 is 9.53 Å². The van der Waals surface area contributed by atoms with Crippen LogP contribution in [0.4, 0.5) is 5.82 Å². The van der Waals surface area contributed by atoms with Crippen molar-refractivity contribution >= 4 is 23.1 Å². The number of hydrogen-bond acceptors (Lipinski definition) is 6. The average Bonchev–Trinajstić information content (AvgIpc) is 3.12. The van der Waals surface area contributed by atoms with Crippen LogP contribution in [0.2, 0.25) is 0 Å². The van der Waals surface area contributed by atoms with Gasteiger partial charge >= 0.3 is 0 Å². The van der Waals surface area contributed by atoms with E-state index in [1.807, 2.05) is 6.20 Å². The zero-order chi connectivity index (χ0) is 18.3. The Morgan fingerprint density at radius 2 is 2.15 bits per heavy atom. The highest BCUT2D eigenvalue weighted by molar-refractivity contribution is 7.14. The lowest BCUT2D eigenvalue weighted by molar-refractivity contribution is -0.0757. The summed E-state index contributed by atoms with van der Waals surface area (Å²) < 4.78 is 6.34. The van der Waals surface area contributed by atoms with E-state index in [2.05, 4.69) is 26.3 Å². The predicted molar refractivity (Wildman–Crippen MR) is 104 cm³/mol. The Bertz CT molecular complexity index is 826. The van der Waals surface area contributed by atoms with E-state index in [0.29, 0.717) is 6.04 Å². The highest BCUT2D eigenvalue weighted by Crippen LogP contribution is 2.45. The van der Waals surface area contributed by atoms with Crippen LogP contribution in [0.5, 0.6) is 0 Å². The molecule has 1 saturated heterocycles. The Labute approximate surface area is 163 Å². The SMILES string of the molecule is O=C(NC1CCC1)c1cc2c(s1)CCOC21CCN(c2cnccn2)CC1. The van der Waals surface area contributed by atoms with E-state index in [-0.39, 0.29) is 11.5 Å². The van der Waals surface area contributed by atoms with Crippen molar-refractivity contribution in [1.82, 2.24) is 15.3 Å². The van der Waals surface area contributed by atoms with Gasteiger partial charge in [0, 0.05) is 42.8 Å². The first-order chi connectivity index (χ1) is 13.2. The fourth-order valence-corrected chi connectivity index (χ4v) is 5.44. The summed E-state index contributed by atoms with van der Waals surface area (Å²) in [6.45, 7) is 2.51. The van der Waals surface area contributed by atoms with Gasteiger partial charge in [0.1, 0.15) is 5.82 Å². The van der Waals surface area contributed by atoms with E-state index in [1.165, 1.54) is 16.9 Å². The molecule has 5 rings (SSSR count). The van der Waals surface area contributed by atoms with Crippen LogP contribution >= 0.6 is 11.3 Å². The van der Waals surface area contributed by atoms with Gasteiger partial charge in [0.05, 0.1) is 23.3 Å². The molecule has 0 radical (unpaired) electrons. The lowest BCUT2D eigenvalue weighted by atomic mass is 9.82. The molecule has 6 nitrogen and oxygen atoms in total. The molecule has 3 aliphatic rings. The van der Waals surface area contributed by atoms with E-state index in [4.69, 9.17) is 4.74 Å². The lowest BCUT2D eigenvalue weighted by Crippen LogP contribution is -2.46. The number of carbonyl (C=O) groups excluding carboxylic acids is 1. The Hall–Kier alpha value is -1.99. The van der Waals surface area contributed by atoms with Crippen LogP contribution in [-0.2, 0) is 16.8 Å². The molecule has 1 spiro atoms. The third kappa shape index (κ3) is 3.12. The highest BCUT2D eigenvalue weighted by Gasteiger charge is 2.42. The largest absolute Gasteiger partial charge is 0.370 e. The summed E-state index contributed by atoms with van der Waals surface area (Å²) in [6, 6.07) is 2.47. The van der Waals surface area contributed by atoms with E-state index < -0.39 is 0 Å². The molecule has 2 fully saturated rings. The van der Waals surface area contributed by atoms with Gasteiger partial charge in [-0.15, -0.1) is 11.3 Å². The topological polar surface area (TPSA) is 67.3 Å². The summed E-state index contributed by atoms with van der Waals surface area (Å²) in [6.07, 6.45) is 11.4. The third-order valence-electron chi connectivity index (χ3n) is 6.12. The first-order valence-electron chi connectivity index (χ1n) is 9.82. The van der Waals surface area contributed by atoms with E-state index in [0.717, 1.165) is 62.5 Å². The van der Waals surface area contributed by atoms with Crippen molar-refractivity contribution in [2.24, 2.45) is 0 Å². The molecule has 0 bridgehead atoms. The Morgan fingerprint density at radius 1 is 1.30 bits per heavy atom. The van der Waals surface area contributed by atoms with Crippen molar-refractivity contribution in [3.8, 4) is 0 Å². The number of piperidine rings is 1. The van der Waals surface area contributed by atoms with Crippen molar-refractivity contribution in [2.45, 2.75) is 50.2 Å². The predicted octanol–water partition coefficient (Wildman–Crippen LogP) is 2.89. The van der Waals surface area contributed by atoms with Crippen LogP contribution in [0.15, 0.2) is 24.7 Å². The molecule has 0 atom stereocenters. The number of nitrogens with one attached hydrogen (secondary N) is 1. The van der Waals surface area contributed by atoms with Gasteiger partial charge in [-0.25, -0.2) is 4.98 Å². The van der Waals surface area contributed by atoms with Crippen LogP contribution < -0.4 is 10.2 Å². The number of rotatable bonds is 3. The van der Waals surface area contributed by atoms with Gasteiger partial charge < -0.3 is 15.0 Å². The molecule has 0 unspecified atom stereocenters. The number of thiophene rings is 1. The summed E-state index contributed by atoms with van der Waals surface area (Å²) in [5, 5.41) is 3.17. The van der Waals surface area contributed by atoms with Crippen LogP contribution in [-0.4, -0.2) is 41.6 Å². The normalized spacial score (nSPS) is 21.6. The third-order valence-corrected chi connectivity index (χ3v) is 7.31. The van der Waals surface area contributed by atoms with Gasteiger partial charge in [0.2, 0.25) is 0 Å². The average molecular weight is 385 g/mol. The monoisotopic (exact) mass is 384 g/mol. The maximum absolute atomic E-state index is 12.6. The second-order valence-electron chi connectivity index (χ2n) is 7.69. The fourth-order valence-electron chi connectivity index (χ4n) is 4.30. The standard InChI is InChI=1S/C20H24N4O2S/c25-19(23-14-2-1-3-14)17-12-15-16(27-17)4-11-26-20(15)5-9-24(10-6-20)18-13-21-7-8-22-18/h7-8,12-14H,1-6,9-11H2,(H,23,25).